The SMILES string of the molecule is Cc1c(C(=O)C(=O)NC2(c3cn[nH]n3)CC(F)(F)C2)c(Cl)n(C)c1C(=O)Nc1ccc(F)c(Br)c1. The molecule has 9 nitrogen and oxygen atoms in total. The number of alkyl halides is 2. The summed E-state index contributed by atoms with van der Waals surface area (Å²) in [6.07, 6.45) is -0.321. The zero-order valence-corrected chi connectivity index (χ0v) is 20.5. The molecule has 35 heavy (non-hydrogen) atoms. The topological polar surface area (TPSA) is 122 Å². The number of Topliss-reactive ketones (excluding diaryl/α,β-unsaturated/α-hetero) is 1. The quantitative estimate of drug-likeness (QED) is 0.305. The second kappa shape index (κ2) is 8.79. The highest BCUT2D eigenvalue weighted by atomic mass is 79.9. The lowest BCUT2D eigenvalue weighted by Gasteiger charge is -2.46. The first kappa shape index (κ1) is 24.9. The van der Waals surface area contributed by atoms with Gasteiger partial charge in [-0.15, -0.1) is 0 Å². The second-order valence-electron chi connectivity index (χ2n) is 8.21. The van der Waals surface area contributed by atoms with Crippen molar-refractivity contribution in [3.63, 3.8) is 0 Å². The Labute approximate surface area is 209 Å². The van der Waals surface area contributed by atoms with E-state index in [1.54, 1.807) is 0 Å². The largest absolute Gasteiger partial charge is 0.337 e. The van der Waals surface area contributed by atoms with Crippen molar-refractivity contribution in [2.75, 3.05) is 5.32 Å². The van der Waals surface area contributed by atoms with Crippen LogP contribution in [0.4, 0.5) is 18.9 Å². The van der Waals surface area contributed by atoms with Gasteiger partial charge in [0.15, 0.2) is 0 Å². The highest BCUT2D eigenvalue weighted by Gasteiger charge is 2.60. The molecular weight excluding hydrogens is 557 g/mol. The number of amides is 2. The molecule has 0 bridgehead atoms. The summed E-state index contributed by atoms with van der Waals surface area (Å²) in [6, 6.07) is 3.85. The lowest BCUT2D eigenvalue weighted by molar-refractivity contribution is -0.148. The number of hydrogen-bond acceptors (Lipinski definition) is 5. The normalized spacial score (nSPS) is 15.9. The Morgan fingerprint density at radius 3 is 2.51 bits per heavy atom. The molecule has 1 saturated carbocycles. The Bertz CT molecular complexity index is 1350. The molecule has 0 saturated heterocycles. The van der Waals surface area contributed by atoms with E-state index in [2.05, 4.69) is 42.0 Å². The molecule has 4 rings (SSSR count). The number of nitrogens with zero attached hydrogens (tertiary/aromatic N) is 3. The van der Waals surface area contributed by atoms with Crippen LogP contribution in [0, 0.1) is 12.7 Å². The maximum absolute atomic E-state index is 13.7. The number of ketones is 1. The van der Waals surface area contributed by atoms with Crippen molar-refractivity contribution in [1.29, 1.82) is 0 Å². The third-order valence-corrected chi connectivity index (χ3v) is 6.82. The standard InChI is InChI=1S/C21H17BrClF3N6O3/c1-9-14(16(33)19(35)29-20(7-21(25,26)8-20)13-6-27-31-30-13)17(23)32(2)15(9)18(34)28-10-3-4-12(24)11(22)5-10/h3-6H,7-8H2,1-2H3,(H,28,34)(H,29,35)(H,27,30,31). The van der Waals surface area contributed by atoms with Crippen LogP contribution in [-0.4, -0.2) is 43.5 Å². The van der Waals surface area contributed by atoms with E-state index in [4.69, 9.17) is 11.6 Å². The monoisotopic (exact) mass is 572 g/mol. The summed E-state index contributed by atoms with van der Waals surface area (Å²) in [6.45, 7) is 1.42. The van der Waals surface area contributed by atoms with Gasteiger partial charge in [0.2, 0.25) is 0 Å². The lowest BCUT2D eigenvalue weighted by atomic mass is 9.71. The van der Waals surface area contributed by atoms with Gasteiger partial charge in [-0.3, -0.25) is 14.4 Å². The third kappa shape index (κ3) is 4.45. The van der Waals surface area contributed by atoms with Crippen LogP contribution in [0.2, 0.25) is 5.15 Å². The first-order valence-electron chi connectivity index (χ1n) is 10.1. The Morgan fingerprint density at radius 2 is 1.94 bits per heavy atom. The van der Waals surface area contributed by atoms with E-state index >= 15 is 0 Å². The number of hydrogen-bond donors (Lipinski definition) is 3. The van der Waals surface area contributed by atoms with Gasteiger partial charge in [0, 0.05) is 25.6 Å². The summed E-state index contributed by atoms with van der Waals surface area (Å²) in [7, 11) is 1.42. The van der Waals surface area contributed by atoms with Crippen LogP contribution < -0.4 is 10.6 Å². The minimum absolute atomic E-state index is 0.0204. The first-order chi connectivity index (χ1) is 16.3. The Balaban J connectivity index is 1.60. The van der Waals surface area contributed by atoms with Crippen LogP contribution in [0.5, 0.6) is 0 Å². The van der Waals surface area contributed by atoms with Crippen molar-refractivity contribution >= 4 is 50.8 Å². The molecule has 0 unspecified atom stereocenters. The molecule has 0 aliphatic heterocycles. The van der Waals surface area contributed by atoms with Crippen molar-refractivity contribution in [2.24, 2.45) is 7.05 Å². The molecule has 0 atom stereocenters. The molecule has 1 fully saturated rings. The second-order valence-corrected chi connectivity index (χ2v) is 9.42. The molecule has 3 aromatic rings. The summed E-state index contributed by atoms with van der Waals surface area (Å²) in [5.41, 5.74) is -1.41. The zero-order chi connectivity index (χ0) is 25.7. The molecule has 1 aromatic carbocycles. The van der Waals surface area contributed by atoms with Crippen molar-refractivity contribution in [1.82, 2.24) is 25.3 Å². The van der Waals surface area contributed by atoms with E-state index in [1.165, 1.54) is 36.9 Å². The van der Waals surface area contributed by atoms with Gasteiger partial charge >= 0.3 is 0 Å². The van der Waals surface area contributed by atoms with Crippen LogP contribution in [0.15, 0.2) is 28.9 Å². The average molecular weight is 574 g/mol. The van der Waals surface area contributed by atoms with Crippen LogP contribution in [0.1, 0.15) is 44.9 Å². The predicted octanol–water partition coefficient (Wildman–Crippen LogP) is 3.88. The molecule has 2 heterocycles. The van der Waals surface area contributed by atoms with Gasteiger partial charge in [0.05, 0.1) is 21.8 Å². The van der Waals surface area contributed by atoms with E-state index in [0.29, 0.717) is 0 Å². The molecule has 0 radical (unpaired) electrons. The molecular formula is C21H17BrClF3N6O3. The van der Waals surface area contributed by atoms with Gasteiger partial charge in [-0.25, -0.2) is 13.2 Å². The van der Waals surface area contributed by atoms with Crippen LogP contribution >= 0.6 is 27.5 Å². The van der Waals surface area contributed by atoms with E-state index in [0.717, 1.165) is 6.07 Å². The highest BCUT2D eigenvalue weighted by molar-refractivity contribution is 9.10. The third-order valence-electron chi connectivity index (χ3n) is 5.77. The van der Waals surface area contributed by atoms with Crippen molar-refractivity contribution in [3.8, 4) is 0 Å². The molecule has 2 aromatic heterocycles. The van der Waals surface area contributed by atoms with Crippen LogP contribution in [0.25, 0.3) is 0 Å². The van der Waals surface area contributed by atoms with Crippen molar-refractivity contribution in [2.45, 2.75) is 31.2 Å². The lowest BCUT2D eigenvalue weighted by Crippen LogP contribution is -2.61. The summed E-state index contributed by atoms with van der Waals surface area (Å²) in [5.74, 6) is -6.52. The number of aromatic nitrogens is 4. The van der Waals surface area contributed by atoms with Crippen molar-refractivity contribution < 1.29 is 27.6 Å². The minimum atomic E-state index is -3.05. The molecule has 3 N–H and O–H groups in total. The number of anilines is 1. The molecule has 2 amide bonds. The number of halogens is 5. The summed E-state index contributed by atoms with van der Waals surface area (Å²) >= 11 is 9.32. The fraction of sp³-hybridized carbons (Fsp3) is 0.286. The molecule has 14 heteroatoms. The zero-order valence-electron chi connectivity index (χ0n) is 18.2. The molecule has 184 valence electrons. The highest BCUT2D eigenvalue weighted by Crippen LogP contribution is 2.51. The van der Waals surface area contributed by atoms with E-state index in [9.17, 15) is 27.6 Å². The molecule has 1 aliphatic rings. The number of carbonyl (C=O) groups is 3. The number of rotatable bonds is 6. The first-order valence-corrected chi connectivity index (χ1v) is 11.2. The number of carbonyl (C=O) groups excluding carboxylic acids is 3. The van der Waals surface area contributed by atoms with Crippen molar-refractivity contribution in [3.05, 3.63) is 62.4 Å². The summed E-state index contributed by atoms with van der Waals surface area (Å²) in [5, 5.41) is 14.4. The van der Waals surface area contributed by atoms with Crippen LogP contribution in [-0.2, 0) is 17.4 Å². The maximum atomic E-state index is 13.7. The average Bonchev–Trinajstić information content (AvgIpc) is 3.36. The Kier molecular flexibility index (Phi) is 6.26. The van der Waals surface area contributed by atoms with Gasteiger partial charge in [-0.05, 0) is 46.6 Å². The molecule has 1 aliphatic carbocycles. The summed E-state index contributed by atoms with van der Waals surface area (Å²) in [4.78, 5) is 38.8. The van der Waals surface area contributed by atoms with E-state index < -0.39 is 47.7 Å². The maximum Gasteiger partial charge on any atom is 0.293 e. The van der Waals surface area contributed by atoms with Gasteiger partial charge in [-0.2, -0.15) is 15.4 Å². The fourth-order valence-corrected chi connectivity index (χ4v) is 4.82. The van der Waals surface area contributed by atoms with Gasteiger partial charge in [0.1, 0.15) is 22.4 Å². The van der Waals surface area contributed by atoms with Gasteiger partial charge in [-0.1, -0.05) is 11.6 Å². The number of nitrogens with one attached hydrogen (secondary N) is 3. The van der Waals surface area contributed by atoms with Crippen LogP contribution in [0.3, 0.4) is 0 Å². The summed E-state index contributed by atoms with van der Waals surface area (Å²) < 4.78 is 42.3. The smallest absolute Gasteiger partial charge is 0.293 e. The minimum Gasteiger partial charge on any atom is -0.337 e. The fourth-order valence-electron chi connectivity index (χ4n) is 4.13. The van der Waals surface area contributed by atoms with Gasteiger partial charge < -0.3 is 15.2 Å². The Hall–Kier alpha value is -3.19. The molecule has 0 spiro atoms. The van der Waals surface area contributed by atoms with E-state index in [1.807, 2.05) is 0 Å². The van der Waals surface area contributed by atoms with Gasteiger partial charge in [0.25, 0.3) is 23.5 Å². The number of H-pyrrole nitrogens is 1. The van der Waals surface area contributed by atoms with E-state index in [-0.39, 0.29) is 37.8 Å². The predicted molar refractivity (Wildman–Crippen MR) is 122 cm³/mol. The number of aromatic amines is 1. The Morgan fingerprint density at radius 1 is 1.26 bits per heavy atom. The number of benzene rings is 1.